The fourth-order valence-corrected chi connectivity index (χ4v) is 1.87. The third-order valence-corrected chi connectivity index (χ3v) is 2.71. The van der Waals surface area contributed by atoms with Gasteiger partial charge < -0.3 is 0 Å². The number of halogens is 1. The van der Waals surface area contributed by atoms with Crippen molar-refractivity contribution in [1.82, 2.24) is 14.5 Å². The number of hydrogen-bond donors (Lipinski definition) is 0. The van der Waals surface area contributed by atoms with Crippen LogP contribution in [0.15, 0.2) is 61.3 Å². The van der Waals surface area contributed by atoms with Crippen LogP contribution in [0, 0.1) is 5.82 Å². The maximum atomic E-state index is 13.8. The van der Waals surface area contributed by atoms with Gasteiger partial charge in [0.1, 0.15) is 5.82 Å². The van der Waals surface area contributed by atoms with Crippen LogP contribution in [-0.4, -0.2) is 14.5 Å². The van der Waals surface area contributed by atoms with Crippen LogP contribution in [0.2, 0.25) is 0 Å². The summed E-state index contributed by atoms with van der Waals surface area (Å²) in [6, 6.07) is 10.4. The molecule has 0 amide bonds. The van der Waals surface area contributed by atoms with Crippen LogP contribution < -0.4 is 0 Å². The highest BCUT2D eigenvalue weighted by molar-refractivity contribution is 5.62. The minimum Gasteiger partial charge on any atom is -0.297 e. The molecule has 3 rings (SSSR count). The lowest BCUT2D eigenvalue weighted by Crippen LogP contribution is -1.96. The van der Waals surface area contributed by atoms with E-state index >= 15 is 0 Å². The highest BCUT2D eigenvalue weighted by atomic mass is 19.1. The Labute approximate surface area is 104 Å². The molecule has 0 aliphatic carbocycles. The minimum atomic E-state index is -0.261. The van der Waals surface area contributed by atoms with E-state index in [1.54, 1.807) is 43.1 Å². The van der Waals surface area contributed by atoms with Gasteiger partial charge in [-0.2, -0.15) is 0 Å². The molecule has 0 aliphatic heterocycles. The molecule has 0 radical (unpaired) electrons. The number of nitrogens with zero attached hydrogens (tertiary/aromatic N) is 3. The fraction of sp³-hybridized carbons (Fsp3) is 0. The monoisotopic (exact) mass is 239 g/mol. The van der Waals surface area contributed by atoms with Gasteiger partial charge in [-0.1, -0.05) is 12.1 Å². The normalized spacial score (nSPS) is 10.5. The fourth-order valence-electron chi connectivity index (χ4n) is 1.87. The zero-order valence-electron chi connectivity index (χ0n) is 9.49. The summed E-state index contributed by atoms with van der Waals surface area (Å²) in [6.07, 6.45) is 6.71. The van der Waals surface area contributed by atoms with Crippen molar-refractivity contribution in [3.05, 3.63) is 67.1 Å². The van der Waals surface area contributed by atoms with Crippen LogP contribution in [-0.2, 0) is 0 Å². The molecule has 1 aromatic carbocycles. The first kappa shape index (κ1) is 10.7. The maximum Gasteiger partial charge on any atom is 0.132 e. The number of pyridine rings is 1. The summed E-state index contributed by atoms with van der Waals surface area (Å²) in [5, 5.41) is 0. The number of hydrogen-bond acceptors (Lipinski definition) is 2. The van der Waals surface area contributed by atoms with Gasteiger partial charge in [0.15, 0.2) is 0 Å². The van der Waals surface area contributed by atoms with E-state index < -0.39 is 0 Å². The second-order valence-corrected chi connectivity index (χ2v) is 3.84. The van der Waals surface area contributed by atoms with Crippen molar-refractivity contribution in [2.45, 2.75) is 0 Å². The van der Waals surface area contributed by atoms with Crippen LogP contribution in [0.1, 0.15) is 0 Å². The molecule has 3 nitrogen and oxygen atoms in total. The molecule has 0 aliphatic rings. The molecular formula is C14H10FN3. The van der Waals surface area contributed by atoms with Crippen LogP contribution in [0.5, 0.6) is 0 Å². The molecular weight excluding hydrogens is 229 g/mol. The van der Waals surface area contributed by atoms with Crippen molar-refractivity contribution in [3.8, 4) is 16.9 Å². The van der Waals surface area contributed by atoms with Crippen molar-refractivity contribution in [2.24, 2.45) is 0 Å². The SMILES string of the molecule is Fc1ccccc1-c1cncn1-c1cccnc1. The predicted octanol–water partition coefficient (Wildman–Crippen LogP) is 3.07. The van der Waals surface area contributed by atoms with Gasteiger partial charge in [-0.15, -0.1) is 0 Å². The zero-order chi connectivity index (χ0) is 12.4. The Morgan fingerprint density at radius 1 is 0.944 bits per heavy atom. The Bertz CT molecular complexity index is 662. The first-order valence-electron chi connectivity index (χ1n) is 5.54. The number of benzene rings is 1. The van der Waals surface area contributed by atoms with E-state index in [2.05, 4.69) is 9.97 Å². The zero-order valence-corrected chi connectivity index (χ0v) is 9.49. The molecule has 0 saturated carbocycles. The number of rotatable bonds is 2. The Hall–Kier alpha value is -2.49. The van der Waals surface area contributed by atoms with E-state index in [4.69, 9.17) is 0 Å². The molecule has 0 atom stereocenters. The third kappa shape index (κ3) is 1.78. The van der Waals surface area contributed by atoms with Crippen molar-refractivity contribution >= 4 is 0 Å². The summed E-state index contributed by atoms with van der Waals surface area (Å²) >= 11 is 0. The minimum absolute atomic E-state index is 0.261. The molecule has 0 saturated heterocycles. The Morgan fingerprint density at radius 3 is 2.61 bits per heavy atom. The predicted molar refractivity (Wildman–Crippen MR) is 66.8 cm³/mol. The third-order valence-electron chi connectivity index (χ3n) is 2.71. The van der Waals surface area contributed by atoms with Crippen molar-refractivity contribution in [1.29, 1.82) is 0 Å². The summed E-state index contributed by atoms with van der Waals surface area (Å²) in [7, 11) is 0. The van der Waals surface area contributed by atoms with Crippen LogP contribution >= 0.6 is 0 Å². The molecule has 2 heterocycles. The van der Waals surface area contributed by atoms with E-state index in [0.717, 1.165) is 5.69 Å². The molecule has 0 fully saturated rings. The van der Waals surface area contributed by atoms with Gasteiger partial charge in [0.05, 0.1) is 30.1 Å². The molecule has 0 N–H and O–H groups in total. The summed E-state index contributed by atoms with van der Waals surface area (Å²) < 4.78 is 15.6. The lowest BCUT2D eigenvalue weighted by Gasteiger charge is -2.08. The molecule has 2 aromatic heterocycles. The summed E-state index contributed by atoms with van der Waals surface area (Å²) in [5.74, 6) is -0.261. The van der Waals surface area contributed by atoms with Crippen molar-refractivity contribution < 1.29 is 4.39 Å². The van der Waals surface area contributed by atoms with Crippen molar-refractivity contribution in [2.75, 3.05) is 0 Å². The first-order valence-corrected chi connectivity index (χ1v) is 5.54. The van der Waals surface area contributed by atoms with Crippen molar-refractivity contribution in [3.63, 3.8) is 0 Å². The quantitative estimate of drug-likeness (QED) is 0.688. The maximum absolute atomic E-state index is 13.8. The number of aromatic nitrogens is 3. The molecule has 18 heavy (non-hydrogen) atoms. The molecule has 3 aromatic rings. The summed E-state index contributed by atoms with van der Waals surface area (Å²) in [6.45, 7) is 0. The van der Waals surface area contributed by atoms with Gasteiger partial charge in [0.2, 0.25) is 0 Å². The van der Waals surface area contributed by atoms with Gasteiger partial charge in [-0.3, -0.25) is 9.55 Å². The van der Waals surface area contributed by atoms with Gasteiger partial charge in [0.25, 0.3) is 0 Å². The lowest BCUT2D eigenvalue weighted by molar-refractivity contribution is 0.630. The van der Waals surface area contributed by atoms with E-state index in [1.807, 2.05) is 16.7 Å². The average Bonchev–Trinajstić information content (AvgIpc) is 2.89. The first-order chi connectivity index (χ1) is 8.86. The van der Waals surface area contributed by atoms with E-state index in [9.17, 15) is 4.39 Å². The van der Waals surface area contributed by atoms with Crippen LogP contribution in [0.4, 0.5) is 4.39 Å². The summed E-state index contributed by atoms with van der Waals surface area (Å²) in [5.41, 5.74) is 2.09. The lowest BCUT2D eigenvalue weighted by atomic mass is 10.1. The van der Waals surface area contributed by atoms with E-state index in [0.29, 0.717) is 11.3 Å². The second-order valence-electron chi connectivity index (χ2n) is 3.84. The van der Waals surface area contributed by atoms with Gasteiger partial charge in [0, 0.05) is 11.8 Å². The number of imidazole rings is 1. The van der Waals surface area contributed by atoms with Gasteiger partial charge in [-0.05, 0) is 24.3 Å². The highest BCUT2D eigenvalue weighted by Gasteiger charge is 2.10. The van der Waals surface area contributed by atoms with E-state index in [-0.39, 0.29) is 5.82 Å². The molecule has 4 heteroatoms. The molecule has 88 valence electrons. The molecule has 0 bridgehead atoms. The van der Waals surface area contributed by atoms with Gasteiger partial charge >= 0.3 is 0 Å². The average molecular weight is 239 g/mol. The van der Waals surface area contributed by atoms with Gasteiger partial charge in [-0.25, -0.2) is 9.37 Å². The Kier molecular flexibility index (Phi) is 2.61. The standard InChI is InChI=1S/C14H10FN3/c15-13-6-2-1-5-12(13)14-9-17-10-18(14)11-4-3-7-16-8-11/h1-10H. The Morgan fingerprint density at radius 2 is 1.83 bits per heavy atom. The topological polar surface area (TPSA) is 30.7 Å². The smallest absolute Gasteiger partial charge is 0.132 e. The summed E-state index contributed by atoms with van der Waals surface area (Å²) in [4.78, 5) is 8.14. The molecule has 0 spiro atoms. The van der Waals surface area contributed by atoms with E-state index in [1.165, 1.54) is 6.07 Å². The molecule has 0 unspecified atom stereocenters. The second kappa shape index (κ2) is 4.41. The van der Waals surface area contributed by atoms with Crippen LogP contribution in [0.3, 0.4) is 0 Å². The highest BCUT2D eigenvalue weighted by Crippen LogP contribution is 2.24. The van der Waals surface area contributed by atoms with Crippen LogP contribution in [0.25, 0.3) is 16.9 Å². The largest absolute Gasteiger partial charge is 0.297 e. The Balaban J connectivity index is 2.16.